The van der Waals surface area contributed by atoms with Crippen LogP contribution in [0.25, 0.3) is 27.4 Å². The van der Waals surface area contributed by atoms with Gasteiger partial charge in [0.05, 0.1) is 30.9 Å². The monoisotopic (exact) mass is 408 g/mol. The van der Waals surface area contributed by atoms with Gasteiger partial charge in [0.2, 0.25) is 0 Å². The standard InChI is InChI=1S/C21H20N4O3S/c1-24(2)20(26)19-18(13-8-6-5-7-9-13)23-21(29-19)25-12-22-14-10-16(27-3)17(28-4)11-15(14)25/h5-12H,1-4H3. The third-order valence-corrected chi connectivity index (χ3v) is 5.56. The third-order valence-electron chi connectivity index (χ3n) is 4.52. The molecular formula is C21H20N4O3S. The number of imidazole rings is 1. The van der Waals surface area contributed by atoms with Gasteiger partial charge in [-0.2, -0.15) is 0 Å². The largest absolute Gasteiger partial charge is 0.493 e. The van der Waals surface area contributed by atoms with Crippen LogP contribution in [-0.4, -0.2) is 53.7 Å². The Balaban J connectivity index is 1.91. The van der Waals surface area contributed by atoms with Crippen LogP contribution in [0, 0.1) is 0 Å². The Morgan fingerprint density at radius 1 is 1.07 bits per heavy atom. The lowest BCUT2D eigenvalue weighted by Crippen LogP contribution is -2.21. The molecule has 0 fully saturated rings. The van der Waals surface area contributed by atoms with E-state index in [-0.39, 0.29) is 5.91 Å². The van der Waals surface area contributed by atoms with E-state index >= 15 is 0 Å². The van der Waals surface area contributed by atoms with E-state index in [1.54, 1.807) is 39.5 Å². The Bertz CT molecular complexity index is 1180. The van der Waals surface area contributed by atoms with Crippen LogP contribution >= 0.6 is 11.3 Å². The second-order valence-electron chi connectivity index (χ2n) is 6.55. The van der Waals surface area contributed by atoms with Crippen molar-refractivity contribution in [3.05, 3.63) is 53.7 Å². The van der Waals surface area contributed by atoms with Crippen LogP contribution < -0.4 is 9.47 Å². The summed E-state index contributed by atoms with van der Waals surface area (Å²) in [4.78, 5) is 24.2. The number of amides is 1. The van der Waals surface area contributed by atoms with E-state index in [0.717, 1.165) is 16.6 Å². The van der Waals surface area contributed by atoms with Crippen LogP contribution in [0.4, 0.5) is 0 Å². The number of nitrogens with zero attached hydrogens (tertiary/aromatic N) is 4. The minimum atomic E-state index is -0.0868. The number of carbonyl (C=O) groups excluding carboxylic acids is 1. The number of fused-ring (bicyclic) bond motifs is 1. The van der Waals surface area contributed by atoms with Gasteiger partial charge in [0.1, 0.15) is 11.2 Å². The normalized spacial score (nSPS) is 10.9. The topological polar surface area (TPSA) is 69.5 Å². The van der Waals surface area contributed by atoms with Crippen LogP contribution in [0.2, 0.25) is 0 Å². The summed E-state index contributed by atoms with van der Waals surface area (Å²) in [6.45, 7) is 0. The Hall–Kier alpha value is -3.39. The number of benzene rings is 2. The molecule has 0 unspecified atom stereocenters. The summed E-state index contributed by atoms with van der Waals surface area (Å²) in [5.74, 6) is 1.13. The molecule has 4 aromatic rings. The summed E-state index contributed by atoms with van der Waals surface area (Å²) in [5, 5.41) is 0.656. The zero-order valence-corrected chi connectivity index (χ0v) is 17.4. The molecule has 2 heterocycles. The molecule has 0 aliphatic heterocycles. The molecule has 2 aromatic heterocycles. The van der Waals surface area contributed by atoms with Crippen LogP contribution in [0.1, 0.15) is 9.67 Å². The maximum atomic E-state index is 12.8. The fourth-order valence-electron chi connectivity index (χ4n) is 3.04. The average molecular weight is 408 g/mol. The van der Waals surface area contributed by atoms with Crippen molar-refractivity contribution >= 4 is 28.3 Å². The van der Waals surface area contributed by atoms with Crippen molar-refractivity contribution in [1.29, 1.82) is 0 Å². The molecule has 0 atom stereocenters. The van der Waals surface area contributed by atoms with Gasteiger partial charge in [-0.1, -0.05) is 41.7 Å². The Morgan fingerprint density at radius 2 is 1.76 bits per heavy atom. The number of hydrogen-bond donors (Lipinski definition) is 0. The van der Waals surface area contributed by atoms with E-state index in [4.69, 9.17) is 14.5 Å². The van der Waals surface area contributed by atoms with Gasteiger partial charge < -0.3 is 14.4 Å². The second kappa shape index (κ2) is 7.56. The highest BCUT2D eigenvalue weighted by atomic mass is 32.1. The summed E-state index contributed by atoms with van der Waals surface area (Å²) in [6, 6.07) is 13.4. The third kappa shape index (κ3) is 3.31. The van der Waals surface area contributed by atoms with Crippen molar-refractivity contribution < 1.29 is 14.3 Å². The molecule has 0 saturated carbocycles. The van der Waals surface area contributed by atoms with Gasteiger partial charge in [-0.25, -0.2) is 9.97 Å². The van der Waals surface area contributed by atoms with Gasteiger partial charge >= 0.3 is 0 Å². The molecule has 7 nitrogen and oxygen atoms in total. The number of rotatable bonds is 5. The smallest absolute Gasteiger partial charge is 0.265 e. The fourth-order valence-corrected chi connectivity index (χ4v) is 4.13. The quantitative estimate of drug-likeness (QED) is 0.501. The zero-order chi connectivity index (χ0) is 20.5. The molecule has 0 saturated heterocycles. The first-order chi connectivity index (χ1) is 14.0. The molecule has 2 aromatic carbocycles. The maximum absolute atomic E-state index is 12.8. The van der Waals surface area contributed by atoms with Crippen molar-refractivity contribution in [2.24, 2.45) is 0 Å². The fraction of sp³-hybridized carbons (Fsp3) is 0.190. The highest BCUT2D eigenvalue weighted by Gasteiger charge is 2.23. The molecule has 8 heteroatoms. The van der Waals surface area contributed by atoms with Gasteiger partial charge in [-0.3, -0.25) is 9.36 Å². The summed E-state index contributed by atoms with van der Waals surface area (Å²) in [6.07, 6.45) is 1.70. The minimum Gasteiger partial charge on any atom is -0.493 e. The molecule has 1 amide bonds. The Morgan fingerprint density at radius 3 is 2.41 bits per heavy atom. The van der Waals surface area contributed by atoms with Crippen molar-refractivity contribution in [3.63, 3.8) is 0 Å². The summed E-state index contributed by atoms with van der Waals surface area (Å²) in [5.41, 5.74) is 3.12. The summed E-state index contributed by atoms with van der Waals surface area (Å²) in [7, 11) is 6.66. The lowest BCUT2D eigenvalue weighted by molar-refractivity contribution is 0.0832. The number of methoxy groups -OCH3 is 2. The number of thiazole rings is 1. The first-order valence-corrected chi connectivity index (χ1v) is 9.72. The molecule has 29 heavy (non-hydrogen) atoms. The van der Waals surface area contributed by atoms with E-state index in [1.165, 1.54) is 11.3 Å². The van der Waals surface area contributed by atoms with Gasteiger partial charge in [-0.15, -0.1) is 0 Å². The molecule has 0 radical (unpaired) electrons. The van der Waals surface area contributed by atoms with E-state index in [1.807, 2.05) is 47.0 Å². The van der Waals surface area contributed by atoms with Crippen molar-refractivity contribution in [3.8, 4) is 27.9 Å². The molecule has 0 bridgehead atoms. The van der Waals surface area contributed by atoms with Gasteiger partial charge in [0, 0.05) is 31.8 Å². The van der Waals surface area contributed by atoms with E-state index in [2.05, 4.69) is 4.98 Å². The highest BCUT2D eigenvalue weighted by molar-refractivity contribution is 7.16. The second-order valence-corrected chi connectivity index (χ2v) is 7.53. The predicted octanol–water partition coefficient (Wildman–Crippen LogP) is 3.87. The summed E-state index contributed by atoms with van der Waals surface area (Å²) >= 11 is 1.34. The SMILES string of the molecule is COc1cc2ncn(-c3nc(-c4ccccc4)c(C(=O)N(C)C)s3)c2cc1OC. The number of aromatic nitrogens is 3. The predicted molar refractivity (Wildman–Crippen MR) is 113 cm³/mol. The lowest BCUT2D eigenvalue weighted by atomic mass is 10.1. The van der Waals surface area contributed by atoms with Crippen molar-refractivity contribution in [2.45, 2.75) is 0 Å². The molecular weight excluding hydrogens is 388 g/mol. The first kappa shape index (κ1) is 18.9. The maximum Gasteiger partial charge on any atom is 0.265 e. The van der Waals surface area contributed by atoms with Crippen LogP contribution in [-0.2, 0) is 0 Å². The van der Waals surface area contributed by atoms with Crippen LogP contribution in [0.3, 0.4) is 0 Å². The highest BCUT2D eigenvalue weighted by Crippen LogP contribution is 2.35. The molecule has 0 spiro atoms. The molecule has 0 aliphatic carbocycles. The minimum absolute atomic E-state index is 0.0868. The number of ether oxygens (including phenoxy) is 2. The van der Waals surface area contributed by atoms with Crippen LogP contribution in [0.15, 0.2) is 48.8 Å². The Labute approximate surface area is 172 Å². The van der Waals surface area contributed by atoms with E-state index < -0.39 is 0 Å². The van der Waals surface area contributed by atoms with E-state index in [0.29, 0.717) is 27.2 Å². The van der Waals surface area contributed by atoms with Crippen molar-refractivity contribution in [2.75, 3.05) is 28.3 Å². The molecule has 148 valence electrons. The zero-order valence-electron chi connectivity index (χ0n) is 16.5. The van der Waals surface area contributed by atoms with Gasteiger partial charge in [0.15, 0.2) is 16.6 Å². The first-order valence-electron chi connectivity index (χ1n) is 8.90. The molecule has 0 N–H and O–H groups in total. The Kier molecular flexibility index (Phi) is 4.94. The summed E-state index contributed by atoms with van der Waals surface area (Å²) < 4.78 is 12.7. The molecule has 0 aliphatic rings. The van der Waals surface area contributed by atoms with Gasteiger partial charge in [0.25, 0.3) is 5.91 Å². The van der Waals surface area contributed by atoms with E-state index in [9.17, 15) is 4.79 Å². The number of hydrogen-bond acceptors (Lipinski definition) is 6. The van der Waals surface area contributed by atoms with Crippen molar-refractivity contribution in [1.82, 2.24) is 19.4 Å². The lowest BCUT2D eigenvalue weighted by Gasteiger charge is -2.09. The average Bonchev–Trinajstić information content (AvgIpc) is 3.36. The van der Waals surface area contributed by atoms with Crippen LogP contribution in [0.5, 0.6) is 11.5 Å². The number of carbonyl (C=O) groups is 1. The molecule has 4 rings (SSSR count). The van der Waals surface area contributed by atoms with Gasteiger partial charge in [-0.05, 0) is 0 Å².